The molecule has 66 heavy (non-hydrogen) atoms. The summed E-state index contributed by atoms with van der Waals surface area (Å²) in [5.74, 6) is -3.03. The van der Waals surface area contributed by atoms with Crippen LogP contribution in [0.2, 0.25) is 0 Å². The van der Waals surface area contributed by atoms with Crippen LogP contribution in [-0.4, -0.2) is 92.0 Å². The predicted molar refractivity (Wildman–Crippen MR) is 248 cm³/mol. The molecule has 2 unspecified atom stereocenters. The summed E-state index contributed by atoms with van der Waals surface area (Å²) in [6, 6.07) is 20.1. The Morgan fingerprint density at radius 2 is 0.591 bits per heavy atom. The third-order valence-corrected chi connectivity index (χ3v) is 15.5. The van der Waals surface area contributed by atoms with Crippen LogP contribution in [0.25, 0.3) is 53.9 Å². The van der Waals surface area contributed by atoms with E-state index in [0.717, 1.165) is 45.2 Å². The van der Waals surface area contributed by atoms with Crippen LogP contribution in [0.3, 0.4) is 0 Å². The minimum atomic E-state index is -0.502. The van der Waals surface area contributed by atoms with Crippen LogP contribution < -0.4 is 0 Å². The number of fused-ring (bicyclic) bond motifs is 2. The Kier molecular flexibility index (Phi) is 8.57. The predicted octanol–water partition coefficient (Wildman–Crippen LogP) is 9.38. The van der Waals surface area contributed by atoms with Crippen molar-refractivity contribution in [1.29, 1.82) is 0 Å². The molecule has 0 radical (unpaired) electrons. The van der Waals surface area contributed by atoms with Gasteiger partial charge in [0.2, 0.25) is 0 Å². The Hall–Kier alpha value is -7.34. The van der Waals surface area contributed by atoms with Crippen molar-refractivity contribution in [1.82, 2.24) is 19.6 Å². The monoisotopic (exact) mass is 876 g/mol. The number of imide groups is 4. The first-order chi connectivity index (χ1) is 31.8. The van der Waals surface area contributed by atoms with Gasteiger partial charge in [-0.05, 0) is 118 Å². The molecule has 7 aromatic rings. The molecule has 12 nitrogen and oxygen atoms in total. The molecule has 328 valence electrons. The Bertz CT molecular complexity index is 3300. The van der Waals surface area contributed by atoms with Gasteiger partial charge in [0.05, 0.1) is 0 Å². The van der Waals surface area contributed by atoms with Gasteiger partial charge in [-0.2, -0.15) is 0 Å². The summed E-state index contributed by atoms with van der Waals surface area (Å²) in [5, 5.41) is 6.75. The molecule has 7 aromatic carbocycles. The highest BCUT2D eigenvalue weighted by Gasteiger charge is 2.46. The molecule has 8 amide bonds. The van der Waals surface area contributed by atoms with Crippen molar-refractivity contribution in [3.8, 4) is 0 Å². The van der Waals surface area contributed by atoms with Crippen molar-refractivity contribution in [2.45, 2.75) is 78.3 Å². The molecule has 12 heteroatoms. The van der Waals surface area contributed by atoms with E-state index in [1.54, 1.807) is 48.5 Å². The van der Waals surface area contributed by atoms with Gasteiger partial charge >= 0.3 is 0 Å². The molecule has 2 atom stereocenters. The van der Waals surface area contributed by atoms with Crippen molar-refractivity contribution < 1.29 is 38.4 Å². The van der Waals surface area contributed by atoms with Gasteiger partial charge in [0.15, 0.2) is 0 Å². The van der Waals surface area contributed by atoms with E-state index in [2.05, 4.69) is 0 Å². The van der Waals surface area contributed by atoms with Crippen LogP contribution in [0.1, 0.15) is 149 Å². The molecule has 0 bridgehead atoms. The van der Waals surface area contributed by atoms with E-state index < -0.39 is 47.5 Å². The van der Waals surface area contributed by atoms with Crippen LogP contribution in [0.15, 0.2) is 72.8 Å². The van der Waals surface area contributed by atoms with Gasteiger partial charge in [0.1, 0.15) is 0 Å². The van der Waals surface area contributed by atoms with Gasteiger partial charge in [-0.3, -0.25) is 58.0 Å². The lowest BCUT2D eigenvalue weighted by atomic mass is 9.81. The first-order valence-electron chi connectivity index (χ1n) is 23.1. The molecule has 1 fully saturated rings. The van der Waals surface area contributed by atoms with Gasteiger partial charge in [0, 0.05) is 91.2 Å². The van der Waals surface area contributed by atoms with Crippen LogP contribution in [0.5, 0.6) is 0 Å². The van der Waals surface area contributed by atoms with Crippen molar-refractivity contribution in [2.75, 3.05) is 13.1 Å². The number of rotatable bonds is 8. The third kappa shape index (κ3) is 5.15. The molecular formula is C54H44N4O8. The zero-order valence-corrected chi connectivity index (χ0v) is 36.9. The van der Waals surface area contributed by atoms with E-state index in [1.165, 1.54) is 19.6 Å². The molecular weight excluding hydrogens is 833 g/mol. The van der Waals surface area contributed by atoms with E-state index in [0.29, 0.717) is 87.2 Å². The summed E-state index contributed by atoms with van der Waals surface area (Å²) in [5.41, 5.74) is 2.89. The highest BCUT2D eigenvalue weighted by molar-refractivity contribution is 6.41. The first kappa shape index (κ1) is 40.2. The summed E-state index contributed by atoms with van der Waals surface area (Å²) in [6.07, 6.45) is 3.09. The largest absolute Gasteiger partial charge is 0.274 e. The molecule has 0 spiro atoms. The first-order valence-corrected chi connectivity index (χ1v) is 23.1. The maximum Gasteiger partial charge on any atom is 0.261 e. The molecule has 1 saturated carbocycles. The van der Waals surface area contributed by atoms with Gasteiger partial charge < -0.3 is 0 Å². The smallest absolute Gasteiger partial charge is 0.261 e. The second-order valence-electron chi connectivity index (χ2n) is 19.1. The zero-order valence-electron chi connectivity index (χ0n) is 36.9. The maximum absolute atomic E-state index is 14.6. The highest BCUT2D eigenvalue weighted by Crippen LogP contribution is 2.47. The Morgan fingerprint density at radius 3 is 0.848 bits per heavy atom. The fraction of sp³-hybridized carbons (Fsp3) is 0.296. The number of nitrogens with zero attached hydrogens (tertiary/aromatic N) is 4. The number of carbonyl (C=O) groups excluding carboxylic acids is 8. The summed E-state index contributed by atoms with van der Waals surface area (Å²) in [4.78, 5) is 118. The zero-order chi connectivity index (χ0) is 45.8. The Labute approximate surface area is 378 Å². The fourth-order valence-corrected chi connectivity index (χ4v) is 11.7. The molecule has 4 heterocycles. The van der Waals surface area contributed by atoms with E-state index in [4.69, 9.17) is 0 Å². The number of carbonyl (C=O) groups is 8. The summed E-state index contributed by atoms with van der Waals surface area (Å²) >= 11 is 0. The van der Waals surface area contributed by atoms with E-state index in [9.17, 15) is 38.4 Å². The van der Waals surface area contributed by atoms with Gasteiger partial charge in [-0.15, -0.1) is 0 Å². The number of hydrogen-bond acceptors (Lipinski definition) is 8. The quantitative estimate of drug-likeness (QED) is 0.0833. The minimum Gasteiger partial charge on any atom is -0.274 e. The molecule has 12 rings (SSSR count). The highest BCUT2D eigenvalue weighted by atomic mass is 16.2. The lowest BCUT2D eigenvalue weighted by molar-refractivity contribution is 0.0377. The standard InChI is InChI=1S/C54H44N4O8/c1-5-25(3)23-55-47(59)33-15-11-29-31-13-17-37-45-38(18-14-32(42(31)45)30-12-16-34(48(55)60)43(33)41(29)30)52(64)57(51(37)63)27-7-9-28(10-8-27)58-53(65)39-21-19-35-44-36(20-22-40(46(39)44)54(58)66)50(62)56(49(35)61)24-26(4)6-2/h11-22,25-28H,5-10,23-24H2,1-4H3. The summed E-state index contributed by atoms with van der Waals surface area (Å²) in [6.45, 7) is 8.65. The lowest BCUT2D eigenvalue weighted by Gasteiger charge is -2.41. The van der Waals surface area contributed by atoms with Gasteiger partial charge in [-0.25, -0.2) is 0 Å². The third-order valence-electron chi connectivity index (χ3n) is 15.5. The molecule has 0 N–H and O–H groups in total. The molecule has 4 aliphatic heterocycles. The molecule has 0 saturated heterocycles. The normalized spacial score (nSPS) is 20.4. The number of benzene rings is 7. The second kappa shape index (κ2) is 14.1. The molecule has 5 aliphatic rings. The van der Waals surface area contributed by atoms with Crippen molar-refractivity contribution in [3.63, 3.8) is 0 Å². The summed E-state index contributed by atoms with van der Waals surface area (Å²) in [7, 11) is 0. The van der Waals surface area contributed by atoms with E-state index >= 15 is 0 Å². The molecule has 0 aromatic heterocycles. The van der Waals surface area contributed by atoms with Gasteiger partial charge in [-0.1, -0.05) is 64.8 Å². The van der Waals surface area contributed by atoms with Crippen LogP contribution in [-0.2, 0) is 0 Å². The van der Waals surface area contributed by atoms with Gasteiger partial charge in [0.25, 0.3) is 47.3 Å². The van der Waals surface area contributed by atoms with E-state index in [1.807, 2.05) is 52.0 Å². The van der Waals surface area contributed by atoms with Crippen molar-refractivity contribution in [3.05, 3.63) is 117 Å². The number of amides is 8. The topological polar surface area (TPSA) is 150 Å². The SMILES string of the molecule is CCC(C)CN1C(=O)c2ccc3c4c(ccc(c24)C1=O)C(=O)N(C1CCC(N2C(=O)c4ccc5c6ccc7c8c(ccc(c9ccc(c4c59)C2=O)c86)C(=O)N(CC(C)CC)C7=O)CC1)C3=O. The Morgan fingerprint density at radius 1 is 0.364 bits per heavy atom. The van der Waals surface area contributed by atoms with Crippen LogP contribution in [0, 0.1) is 11.8 Å². The molecule has 1 aliphatic carbocycles. The van der Waals surface area contributed by atoms with Crippen LogP contribution in [0.4, 0.5) is 0 Å². The summed E-state index contributed by atoms with van der Waals surface area (Å²) < 4.78 is 0. The minimum absolute atomic E-state index is 0.102. The Balaban J connectivity index is 0.843. The van der Waals surface area contributed by atoms with Crippen molar-refractivity contribution in [2.24, 2.45) is 11.8 Å². The van der Waals surface area contributed by atoms with E-state index in [-0.39, 0.29) is 41.3 Å². The second-order valence-corrected chi connectivity index (χ2v) is 19.1. The van der Waals surface area contributed by atoms with Crippen LogP contribution >= 0.6 is 0 Å². The lowest BCUT2D eigenvalue weighted by Crippen LogP contribution is -2.53. The van der Waals surface area contributed by atoms with Crippen molar-refractivity contribution >= 4 is 101 Å². The maximum atomic E-state index is 14.6. The number of hydrogen-bond donors (Lipinski definition) is 0. The average molecular weight is 877 g/mol. The average Bonchev–Trinajstić information content (AvgIpc) is 3.33. The fourth-order valence-electron chi connectivity index (χ4n) is 11.7.